The number of rotatable bonds is 3. The Bertz CT molecular complexity index is 387. The second-order valence-electron chi connectivity index (χ2n) is 3.60. The van der Waals surface area contributed by atoms with Gasteiger partial charge in [0, 0.05) is 13.6 Å². The lowest BCUT2D eigenvalue weighted by molar-refractivity contribution is 0.0802. The van der Waals surface area contributed by atoms with Gasteiger partial charge in [0.25, 0.3) is 5.91 Å². The molecule has 0 fully saturated rings. The van der Waals surface area contributed by atoms with Gasteiger partial charge < -0.3 is 4.90 Å². The van der Waals surface area contributed by atoms with Crippen molar-refractivity contribution >= 4 is 5.91 Å². The fraction of sp³-hybridized carbons (Fsp3) is 0.250. The lowest BCUT2D eigenvalue weighted by Gasteiger charge is -2.17. The van der Waals surface area contributed by atoms with Gasteiger partial charge in [-0.1, -0.05) is 24.3 Å². The van der Waals surface area contributed by atoms with E-state index >= 15 is 0 Å². The number of hydrogen-bond acceptors (Lipinski definition) is 1. The lowest BCUT2D eigenvalue weighted by atomic mass is 10.2. The minimum absolute atomic E-state index is 0.0984. The lowest BCUT2D eigenvalue weighted by Crippen LogP contribution is -2.28. The van der Waals surface area contributed by atoms with Crippen molar-refractivity contribution in [1.82, 2.24) is 4.90 Å². The van der Waals surface area contributed by atoms with E-state index in [9.17, 15) is 9.18 Å². The van der Waals surface area contributed by atoms with Crippen molar-refractivity contribution < 1.29 is 9.18 Å². The van der Waals surface area contributed by atoms with Crippen molar-refractivity contribution in [2.24, 2.45) is 0 Å². The molecule has 0 aliphatic carbocycles. The summed E-state index contributed by atoms with van der Waals surface area (Å²) in [5.41, 5.74) is 0.962. The zero-order valence-corrected chi connectivity index (χ0v) is 8.96. The van der Waals surface area contributed by atoms with E-state index < -0.39 is 5.82 Å². The number of carbonyl (C=O) groups is 1. The van der Waals surface area contributed by atoms with Crippen molar-refractivity contribution in [3.63, 3.8) is 0 Å². The Morgan fingerprint density at radius 1 is 1.47 bits per heavy atom. The molecule has 0 saturated heterocycles. The number of benzene rings is 1. The number of hydrogen-bond donors (Lipinski definition) is 0. The maximum atomic E-state index is 13.3. The van der Waals surface area contributed by atoms with Crippen LogP contribution in [0.2, 0.25) is 0 Å². The van der Waals surface area contributed by atoms with Crippen LogP contribution in [0.1, 0.15) is 17.3 Å². The molecule has 0 radical (unpaired) electrons. The SMILES string of the molecule is C=C(C)CN(C)C(=O)c1ccccc1F. The first-order valence-corrected chi connectivity index (χ1v) is 4.66. The Labute approximate surface area is 89.0 Å². The van der Waals surface area contributed by atoms with Crippen LogP contribution in [0.3, 0.4) is 0 Å². The van der Waals surface area contributed by atoms with E-state index in [1.807, 2.05) is 6.92 Å². The zero-order chi connectivity index (χ0) is 11.4. The summed E-state index contributed by atoms with van der Waals surface area (Å²) in [5.74, 6) is -0.813. The monoisotopic (exact) mass is 207 g/mol. The van der Waals surface area contributed by atoms with Crippen LogP contribution < -0.4 is 0 Å². The molecule has 0 heterocycles. The van der Waals surface area contributed by atoms with Crippen LogP contribution in [0.15, 0.2) is 36.4 Å². The summed E-state index contributed by atoms with van der Waals surface area (Å²) < 4.78 is 13.3. The third-order valence-electron chi connectivity index (χ3n) is 1.96. The van der Waals surface area contributed by atoms with Crippen LogP contribution in [-0.2, 0) is 0 Å². The first kappa shape index (κ1) is 11.4. The molecule has 1 aromatic carbocycles. The average Bonchev–Trinajstić information content (AvgIpc) is 2.16. The van der Waals surface area contributed by atoms with Crippen LogP contribution in [0.5, 0.6) is 0 Å². The molecule has 0 aliphatic heterocycles. The molecule has 1 amide bonds. The highest BCUT2D eigenvalue weighted by Crippen LogP contribution is 2.09. The van der Waals surface area contributed by atoms with Crippen molar-refractivity contribution in [3.8, 4) is 0 Å². The Morgan fingerprint density at radius 3 is 2.60 bits per heavy atom. The normalized spacial score (nSPS) is 9.80. The van der Waals surface area contributed by atoms with E-state index in [1.165, 1.54) is 17.0 Å². The third-order valence-corrected chi connectivity index (χ3v) is 1.96. The topological polar surface area (TPSA) is 20.3 Å². The summed E-state index contributed by atoms with van der Waals surface area (Å²) in [6.45, 7) is 5.97. The van der Waals surface area contributed by atoms with Gasteiger partial charge in [0.2, 0.25) is 0 Å². The number of carbonyl (C=O) groups excluding carboxylic acids is 1. The summed E-state index contributed by atoms with van der Waals surface area (Å²) in [6.07, 6.45) is 0. The molecule has 1 rings (SSSR count). The fourth-order valence-electron chi connectivity index (χ4n) is 1.32. The Kier molecular flexibility index (Phi) is 3.61. The van der Waals surface area contributed by atoms with Gasteiger partial charge in [0.15, 0.2) is 0 Å². The smallest absolute Gasteiger partial charge is 0.256 e. The third kappa shape index (κ3) is 2.91. The number of amides is 1. The van der Waals surface area contributed by atoms with Gasteiger partial charge in [-0.15, -0.1) is 0 Å². The minimum atomic E-state index is -0.490. The average molecular weight is 207 g/mol. The van der Waals surface area contributed by atoms with E-state index in [0.29, 0.717) is 6.54 Å². The molecule has 0 aliphatic rings. The Morgan fingerprint density at radius 2 is 2.07 bits per heavy atom. The van der Waals surface area contributed by atoms with E-state index in [4.69, 9.17) is 0 Å². The predicted octanol–water partition coefficient (Wildman–Crippen LogP) is 2.47. The van der Waals surface area contributed by atoms with Gasteiger partial charge in [-0.05, 0) is 19.1 Å². The maximum Gasteiger partial charge on any atom is 0.256 e. The van der Waals surface area contributed by atoms with Crippen molar-refractivity contribution in [2.45, 2.75) is 6.92 Å². The number of halogens is 1. The van der Waals surface area contributed by atoms with E-state index in [-0.39, 0.29) is 11.5 Å². The first-order chi connectivity index (χ1) is 7.02. The zero-order valence-electron chi connectivity index (χ0n) is 8.96. The van der Waals surface area contributed by atoms with E-state index in [1.54, 1.807) is 19.2 Å². The molecule has 0 bridgehead atoms. The van der Waals surface area contributed by atoms with Crippen LogP contribution >= 0.6 is 0 Å². The van der Waals surface area contributed by atoms with Crippen LogP contribution in [-0.4, -0.2) is 24.4 Å². The van der Waals surface area contributed by atoms with Gasteiger partial charge in [0.1, 0.15) is 5.82 Å². The van der Waals surface area contributed by atoms with Crippen molar-refractivity contribution in [3.05, 3.63) is 47.8 Å². The number of nitrogens with zero attached hydrogens (tertiary/aromatic N) is 1. The molecular weight excluding hydrogens is 193 g/mol. The molecule has 2 nitrogen and oxygen atoms in total. The summed E-state index contributed by atoms with van der Waals surface area (Å²) >= 11 is 0. The summed E-state index contributed by atoms with van der Waals surface area (Å²) in [7, 11) is 1.63. The fourth-order valence-corrected chi connectivity index (χ4v) is 1.32. The molecule has 15 heavy (non-hydrogen) atoms. The Balaban J connectivity index is 2.85. The van der Waals surface area contributed by atoms with Crippen LogP contribution in [0.25, 0.3) is 0 Å². The van der Waals surface area contributed by atoms with Gasteiger partial charge in [-0.2, -0.15) is 0 Å². The molecule has 0 unspecified atom stereocenters. The predicted molar refractivity (Wildman–Crippen MR) is 58.2 cm³/mol. The molecule has 0 atom stereocenters. The summed E-state index contributed by atoms with van der Waals surface area (Å²) in [6, 6.07) is 5.96. The largest absolute Gasteiger partial charge is 0.338 e. The van der Waals surface area contributed by atoms with Gasteiger partial charge in [-0.3, -0.25) is 4.79 Å². The highest BCUT2D eigenvalue weighted by atomic mass is 19.1. The Hall–Kier alpha value is -1.64. The maximum absolute atomic E-state index is 13.3. The van der Waals surface area contributed by atoms with Crippen LogP contribution in [0, 0.1) is 5.82 Å². The highest BCUT2D eigenvalue weighted by Gasteiger charge is 2.14. The molecule has 80 valence electrons. The molecule has 0 aromatic heterocycles. The molecule has 0 N–H and O–H groups in total. The standard InChI is InChI=1S/C12H14FNO/c1-9(2)8-14(3)12(15)10-6-4-5-7-11(10)13/h4-7H,1,8H2,2-3H3. The molecular formula is C12H14FNO. The van der Waals surface area contributed by atoms with Gasteiger partial charge in [0.05, 0.1) is 5.56 Å². The minimum Gasteiger partial charge on any atom is -0.338 e. The molecule has 1 aromatic rings. The first-order valence-electron chi connectivity index (χ1n) is 4.66. The molecule has 3 heteroatoms. The molecule has 0 spiro atoms. The summed E-state index contributed by atoms with van der Waals surface area (Å²) in [5, 5.41) is 0. The van der Waals surface area contributed by atoms with E-state index in [0.717, 1.165) is 5.57 Å². The number of likely N-dealkylation sites (N-methyl/N-ethyl adjacent to an activating group) is 1. The second-order valence-corrected chi connectivity index (χ2v) is 3.60. The quantitative estimate of drug-likeness (QED) is 0.697. The van der Waals surface area contributed by atoms with Crippen molar-refractivity contribution in [1.29, 1.82) is 0 Å². The second kappa shape index (κ2) is 4.73. The van der Waals surface area contributed by atoms with E-state index in [2.05, 4.69) is 6.58 Å². The highest BCUT2D eigenvalue weighted by molar-refractivity contribution is 5.94. The van der Waals surface area contributed by atoms with Crippen LogP contribution in [0.4, 0.5) is 4.39 Å². The van der Waals surface area contributed by atoms with Gasteiger partial charge >= 0.3 is 0 Å². The molecule has 0 saturated carbocycles. The summed E-state index contributed by atoms with van der Waals surface area (Å²) in [4.78, 5) is 13.2. The van der Waals surface area contributed by atoms with Crippen molar-refractivity contribution in [2.75, 3.05) is 13.6 Å². The van der Waals surface area contributed by atoms with Gasteiger partial charge in [-0.25, -0.2) is 4.39 Å².